The number of hydrogen-bond donors (Lipinski definition) is 1. The highest BCUT2D eigenvalue weighted by Gasteiger charge is 2.31. The van der Waals surface area contributed by atoms with Gasteiger partial charge in [-0.05, 0) is 12.1 Å². The number of aromatic nitrogens is 1. The van der Waals surface area contributed by atoms with E-state index in [0.29, 0.717) is 10.4 Å². The summed E-state index contributed by atoms with van der Waals surface area (Å²) in [5.74, 6) is -1.88. The van der Waals surface area contributed by atoms with E-state index in [1.807, 2.05) is 19.0 Å². The first kappa shape index (κ1) is 21.9. The van der Waals surface area contributed by atoms with E-state index in [9.17, 15) is 19.2 Å². The Bertz CT molecular complexity index is 1470. The zero-order valence-corrected chi connectivity index (χ0v) is 19.7. The first-order valence-corrected chi connectivity index (χ1v) is 11.8. The van der Waals surface area contributed by atoms with Crippen molar-refractivity contribution >= 4 is 66.5 Å². The Morgan fingerprint density at radius 2 is 1.68 bits per heavy atom. The van der Waals surface area contributed by atoms with Crippen molar-refractivity contribution in [2.75, 3.05) is 30.9 Å². The lowest BCUT2D eigenvalue weighted by Crippen LogP contribution is -2.25. The maximum absolute atomic E-state index is 13.0. The van der Waals surface area contributed by atoms with Gasteiger partial charge in [0.05, 0.1) is 16.0 Å². The lowest BCUT2D eigenvalue weighted by Gasteiger charge is -2.20. The molecule has 10 heteroatoms. The van der Waals surface area contributed by atoms with Gasteiger partial charge in [-0.3, -0.25) is 14.4 Å². The summed E-state index contributed by atoms with van der Waals surface area (Å²) in [6, 6.07) is 13.0. The number of thiazole rings is 1. The minimum Gasteiger partial charge on any atom is -0.451 e. The van der Waals surface area contributed by atoms with Crippen molar-refractivity contribution in [2.45, 2.75) is 0 Å². The Kier molecular flexibility index (Phi) is 5.46. The Morgan fingerprint density at radius 1 is 0.971 bits per heavy atom. The number of fused-ring (bicyclic) bond motifs is 3. The van der Waals surface area contributed by atoms with E-state index >= 15 is 0 Å². The highest BCUT2D eigenvalue weighted by molar-refractivity contribution is 7.29. The number of anilines is 2. The maximum atomic E-state index is 13.0. The Morgan fingerprint density at radius 3 is 2.38 bits per heavy atom. The second-order valence-electron chi connectivity index (χ2n) is 7.73. The monoisotopic (exact) mass is 491 g/mol. The molecular formula is C24H17N3O5S2. The number of rotatable bonds is 5. The van der Waals surface area contributed by atoms with Gasteiger partial charge in [0.2, 0.25) is 0 Å². The number of carbonyl (C=O) groups is 4. The van der Waals surface area contributed by atoms with Gasteiger partial charge >= 0.3 is 5.97 Å². The third-order valence-corrected chi connectivity index (χ3v) is 7.53. The van der Waals surface area contributed by atoms with E-state index in [2.05, 4.69) is 10.3 Å². The van der Waals surface area contributed by atoms with E-state index in [0.717, 1.165) is 14.7 Å². The normalized spacial score (nSPS) is 12.3. The minimum absolute atomic E-state index is 0.132. The molecule has 0 unspecified atom stereocenters. The summed E-state index contributed by atoms with van der Waals surface area (Å²) >= 11 is 2.65. The molecule has 2 heterocycles. The van der Waals surface area contributed by atoms with Crippen LogP contribution < -0.4 is 10.2 Å². The van der Waals surface area contributed by atoms with Gasteiger partial charge in [0, 0.05) is 30.8 Å². The molecule has 8 nitrogen and oxygen atoms in total. The predicted octanol–water partition coefficient (Wildman–Crippen LogP) is 3.99. The molecule has 1 amide bonds. The number of amides is 1. The molecule has 1 aliphatic carbocycles. The summed E-state index contributed by atoms with van der Waals surface area (Å²) in [4.78, 5) is 58.2. The van der Waals surface area contributed by atoms with Crippen molar-refractivity contribution in [3.05, 3.63) is 75.7 Å². The van der Waals surface area contributed by atoms with E-state index in [-0.39, 0.29) is 33.9 Å². The van der Waals surface area contributed by atoms with Crippen molar-refractivity contribution in [1.29, 1.82) is 0 Å². The van der Waals surface area contributed by atoms with Crippen LogP contribution in [0.5, 0.6) is 0 Å². The third kappa shape index (κ3) is 3.76. The second-order valence-corrected chi connectivity index (χ2v) is 9.77. The fourth-order valence-corrected chi connectivity index (χ4v) is 5.68. The predicted molar refractivity (Wildman–Crippen MR) is 130 cm³/mol. The highest BCUT2D eigenvalue weighted by atomic mass is 32.1. The highest BCUT2D eigenvalue weighted by Crippen LogP contribution is 2.34. The van der Waals surface area contributed by atoms with Crippen LogP contribution in [0.3, 0.4) is 0 Å². The lowest BCUT2D eigenvalue weighted by atomic mass is 9.83. The summed E-state index contributed by atoms with van der Waals surface area (Å²) in [5.41, 5.74) is 1.18. The molecule has 0 radical (unpaired) electrons. The molecule has 0 aliphatic heterocycles. The van der Waals surface area contributed by atoms with Crippen molar-refractivity contribution < 1.29 is 23.9 Å². The van der Waals surface area contributed by atoms with Crippen molar-refractivity contribution in [2.24, 2.45) is 0 Å². The molecule has 170 valence electrons. The van der Waals surface area contributed by atoms with Gasteiger partial charge in [-0.25, -0.2) is 9.78 Å². The number of thiophene rings is 1. The number of ether oxygens (including phenoxy) is 1. The maximum Gasteiger partial charge on any atom is 0.348 e. The fraction of sp³-hybridized carbons (Fsp3) is 0.125. The van der Waals surface area contributed by atoms with Crippen LogP contribution in [0.4, 0.5) is 10.8 Å². The number of carbonyl (C=O) groups excluding carboxylic acids is 4. The number of nitrogens with zero attached hydrogens (tertiary/aromatic N) is 2. The summed E-state index contributed by atoms with van der Waals surface area (Å²) in [5, 5.41) is 3.43. The molecule has 0 spiro atoms. The largest absolute Gasteiger partial charge is 0.451 e. The van der Waals surface area contributed by atoms with Crippen LogP contribution in [0.15, 0.2) is 48.5 Å². The third-order valence-electron chi connectivity index (χ3n) is 5.22. The van der Waals surface area contributed by atoms with E-state index in [1.54, 1.807) is 48.5 Å². The fourth-order valence-electron chi connectivity index (χ4n) is 3.65. The molecule has 0 atom stereocenters. The van der Waals surface area contributed by atoms with Crippen LogP contribution in [-0.4, -0.2) is 49.1 Å². The molecule has 2 aromatic heterocycles. The van der Waals surface area contributed by atoms with Gasteiger partial charge in [0.15, 0.2) is 23.3 Å². The van der Waals surface area contributed by atoms with Gasteiger partial charge in [0.25, 0.3) is 5.91 Å². The molecule has 1 aliphatic rings. The molecule has 1 N–H and O–H groups in total. The number of nitrogens with one attached hydrogen (secondary N) is 1. The van der Waals surface area contributed by atoms with Crippen LogP contribution in [-0.2, 0) is 9.53 Å². The lowest BCUT2D eigenvalue weighted by molar-refractivity contribution is -0.119. The number of esters is 1. The van der Waals surface area contributed by atoms with Crippen molar-refractivity contribution in [3.63, 3.8) is 0 Å². The van der Waals surface area contributed by atoms with Crippen LogP contribution in [0.2, 0.25) is 0 Å². The molecule has 5 rings (SSSR count). The van der Waals surface area contributed by atoms with Gasteiger partial charge in [-0.1, -0.05) is 47.7 Å². The molecule has 0 fully saturated rings. The quantitative estimate of drug-likeness (QED) is 0.371. The van der Waals surface area contributed by atoms with Crippen LogP contribution in [0, 0.1) is 0 Å². The SMILES string of the molecule is CN(C)c1nc2sc(C(=O)OCC(=O)Nc3cccc4c3C(=O)c3ccccc3C4=O)cc2s1. The molecule has 0 saturated heterocycles. The van der Waals surface area contributed by atoms with E-state index in [1.165, 1.54) is 22.7 Å². The van der Waals surface area contributed by atoms with E-state index < -0.39 is 18.5 Å². The summed E-state index contributed by atoms with van der Waals surface area (Å²) in [7, 11) is 3.78. The topological polar surface area (TPSA) is 106 Å². The van der Waals surface area contributed by atoms with Crippen LogP contribution in [0.25, 0.3) is 9.53 Å². The molecule has 4 aromatic rings. The first-order chi connectivity index (χ1) is 16.3. The summed E-state index contributed by atoms with van der Waals surface area (Å²) in [6.07, 6.45) is 0. The van der Waals surface area contributed by atoms with Crippen LogP contribution >= 0.6 is 22.7 Å². The molecule has 0 saturated carbocycles. The Balaban J connectivity index is 1.29. The number of hydrogen-bond acceptors (Lipinski definition) is 9. The standard InChI is InChI=1S/C24H17N3O5S2/c1-27(2)24-26-22-16(34-24)10-17(33-22)23(31)32-11-18(28)25-15-9-5-8-14-19(15)21(30)13-7-4-3-6-12(13)20(14)29/h3-10H,11H2,1-2H3,(H,25,28). The minimum atomic E-state index is -0.632. The first-order valence-electron chi connectivity index (χ1n) is 10.2. The van der Waals surface area contributed by atoms with Gasteiger partial charge in [0.1, 0.15) is 9.71 Å². The molecule has 2 aromatic carbocycles. The average Bonchev–Trinajstić information content (AvgIpc) is 3.41. The van der Waals surface area contributed by atoms with E-state index in [4.69, 9.17) is 4.74 Å². The number of ketones is 2. The second kappa shape index (κ2) is 8.47. The average molecular weight is 492 g/mol. The van der Waals surface area contributed by atoms with Crippen molar-refractivity contribution in [3.8, 4) is 0 Å². The van der Waals surface area contributed by atoms with Crippen LogP contribution in [0.1, 0.15) is 41.5 Å². The molecular weight excluding hydrogens is 474 g/mol. The Labute approximate surface area is 201 Å². The van der Waals surface area contributed by atoms with Gasteiger partial charge < -0.3 is 15.0 Å². The zero-order valence-electron chi connectivity index (χ0n) is 18.1. The summed E-state index contributed by atoms with van der Waals surface area (Å²) in [6.45, 7) is -0.539. The molecule has 34 heavy (non-hydrogen) atoms. The van der Waals surface area contributed by atoms with Crippen molar-refractivity contribution in [1.82, 2.24) is 4.98 Å². The summed E-state index contributed by atoms with van der Waals surface area (Å²) < 4.78 is 6.03. The smallest absolute Gasteiger partial charge is 0.348 e. The number of benzene rings is 2. The Hall–Kier alpha value is -3.89. The zero-order chi connectivity index (χ0) is 24.0. The van der Waals surface area contributed by atoms with Gasteiger partial charge in [-0.2, -0.15) is 0 Å². The molecule has 0 bridgehead atoms. The van der Waals surface area contributed by atoms with Gasteiger partial charge in [-0.15, -0.1) is 11.3 Å².